The summed E-state index contributed by atoms with van der Waals surface area (Å²) in [5.41, 5.74) is 2.64. The molecule has 1 amide bonds. The summed E-state index contributed by atoms with van der Waals surface area (Å²) < 4.78 is 17.1. The second-order valence-corrected chi connectivity index (χ2v) is 7.62. The summed E-state index contributed by atoms with van der Waals surface area (Å²) in [5, 5.41) is 10.7. The fraction of sp³-hybridized carbons (Fsp3) is 0.160. The van der Waals surface area contributed by atoms with Crippen LogP contribution in [0.2, 0.25) is 0 Å². The molecule has 2 N–H and O–H groups in total. The second kappa shape index (κ2) is 9.62. The van der Waals surface area contributed by atoms with E-state index in [1.54, 1.807) is 16.8 Å². The van der Waals surface area contributed by atoms with Crippen molar-refractivity contribution in [3.05, 3.63) is 112 Å². The molecular weight excluding hydrogens is 421 g/mol. The molecule has 2 aromatic heterocycles. The summed E-state index contributed by atoms with van der Waals surface area (Å²) in [6, 6.07) is 18.0. The molecule has 0 spiro atoms. The zero-order chi connectivity index (χ0) is 23.4. The number of nitrogens with zero attached hydrogens (tertiary/aromatic N) is 3. The predicted molar refractivity (Wildman–Crippen MR) is 124 cm³/mol. The van der Waals surface area contributed by atoms with Crippen LogP contribution in [0.3, 0.4) is 0 Å². The second-order valence-electron chi connectivity index (χ2n) is 7.62. The van der Waals surface area contributed by atoms with Crippen molar-refractivity contribution < 1.29 is 9.18 Å². The maximum absolute atomic E-state index is 14.2. The van der Waals surface area contributed by atoms with Crippen molar-refractivity contribution in [2.24, 2.45) is 0 Å². The number of benzene rings is 2. The van der Waals surface area contributed by atoms with Crippen LogP contribution in [0.5, 0.6) is 0 Å². The highest BCUT2D eigenvalue weighted by Gasteiger charge is 2.16. The maximum atomic E-state index is 14.2. The summed E-state index contributed by atoms with van der Waals surface area (Å²) >= 11 is 0. The lowest BCUT2D eigenvalue weighted by molar-refractivity contribution is 0.0938. The van der Waals surface area contributed by atoms with Gasteiger partial charge < -0.3 is 10.6 Å². The SMILES string of the molecule is CNCc1ccccc1-n1ccc(C(C)NC(=O)c2ccc(=O)n(-c3ccccc3F)c2)n1. The first-order valence-corrected chi connectivity index (χ1v) is 10.5. The van der Waals surface area contributed by atoms with E-state index in [2.05, 4.69) is 15.7 Å². The number of rotatable bonds is 7. The van der Waals surface area contributed by atoms with Gasteiger partial charge in [-0.15, -0.1) is 0 Å². The number of halogens is 1. The minimum Gasteiger partial charge on any atom is -0.344 e. The van der Waals surface area contributed by atoms with Gasteiger partial charge in [-0.2, -0.15) is 5.10 Å². The first-order chi connectivity index (χ1) is 16.0. The highest BCUT2D eigenvalue weighted by atomic mass is 19.1. The molecule has 0 saturated carbocycles. The smallest absolute Gasteiger partial charge is 0.255 e. The summed E-state index contributed by atoms with van der Waals surface area (Å²) in [5.74, 6) is -0.938. The van der Waals surface area contributed by atoms with Crippen LogP contribution in [-0.2, 0) is 6.54 Å². The lowest BCUT2D eigenvalue weighted by Gasteiger charge is -2.14. The van der Waals surface area contributed by atoms with Gasteiger partial charge in [0.1, 0.15) is 5.82 Å². The van der Waals surface area contributed by atoms with E-state index in [0.29, 0.717) is 12.2 Å². The third kappa shape index (κ3) is 4.75. The Morgan fingerprint density at radius 1 is 1.03 bits per heavy atom. The number of carbonyl (C=O) groups excluding carboxylic acids is 1. The van der Waals surface area contributed by atoms with E-state index in [-0.39, 0.29) is 17.3 Å². The Balaban J connectivity index is 1.54. The van der Waals surface area contributed by atoms with Gasteiger partial charge in [0.05, 0.1) is 28.7 Å². The van der Waals surface area contributed by atoms with Crippen molar-refractivity contribution in [1.82, 2.24) is 25.0 Å². The van der Waals surface area contributed by atoms with Crippen LogP contribution in [0.4, 0.5) is 4.39 Å². The number of hydrogen-bond donors (Lipinski definition) is 2. The molecule has 8 heteroatoms. The van der Waals surface area contributed by atoms with Crippen LogP contribution >= 0.6 is 0 Å². The van der Waals surface area contributed by atoms with Gasteiger partial charge in [-0.25, -0.2) is 9.07 Å². The van der Waals surface area contributed by atoms with Crippen molar-refractivity contribution in [3.63, 3.8) is 0 Å². The van der Waals surface area contributed by atoms with Crippen LogP contribution in [0.25, 0.3) is 11.4 Å². The van der Waals surface area contributed by atoms with E-state index in [9.17, 15) is 14.0 Å². The van der Waals surface area contributed by atoms with Gasteiger partial charge >= 0.3 is 0 Å². The summed E-state index contributed by atoms with van der Waals surface area (Å²) in [7, 11) is 1.89. The normalized spacial score (nSPS) is 11.8. The minimum absolute atomic E-state index is 0.0872. The molecule has 0 fully saturated rings. The average Bonchev–Trinajstić information content (AvgIpc) is 3.31. The first-order valence-electron chi connectivity index (χ1n) is 10.5. The number of carbonyl (C=O) groups is 1. The van der Waals surface area contributed by atoms with Crippen molar-refractivity contribution in [2.45, 2.75) is 19.5 Å². The number of para-hydroxylation sites is 2. The molecule has 0 aliphatic heterocycles. The molecule has 1 atom stereocenters. The molecule has 4 rings (SSSR count). The predicted octanol–water partition coefficient (Wildman–Crippen LogP) is 3.37. The Labute approximate surface area is 190 Å². The molecule has 1 unspecified atom stereocenters. The Morgan fingerprint density at radius 3 is 2.52 bits per heavy atom. The van der Waals surface area contributed by atoms with Gasteiger partial charge in [0.25, 0.3) is 11.5 Å². The van der Waals surface area contributed by atoms with E-state index in [4.69, 9.17) is 0 Å². The van der Waals surface area contributed by atoms with Crippen molar-refractivity contribution >= 4 is 5.91 Å². The Bertz CT molecular complexity index is 1340. The highest BCUT2D eigenvalue weighted by Crippen LogP contribution is 2.17. The van der Waals surface area contributed by atoms with Crippen molar-refractivity contribution in [1.29, 1.82) is 0 Å². The van der Waals surface area contributed by atoms with Crippen LogP contribution in [0.15, 0.2) is 83.9 Å². The number of pyridine rings is 1. The Kier molecular flexibility index (Phi) is 6.46. The third-order valence-corrected chi connectivity index (χ3v) is 5.29. The number of amides is 1. The molecule has 2 heterocycles. The molecule has 33 heavy (non-hydrogen) atoms. The minimum atomic E-state index is -0.547. The monoisotopic (exact) mass is 445 g/mol. The molecule has 0 radical (unpaired) electrons. The van der Waals surface area contributed by atoms with Crippen LogP contribution in [0, 0.1) is 5.82 Å². The van der Waals surface area contributed by atoms with Gasteiger partial charge in [0, 0.05) is 25.0 Å². The molecule has 4 aromatic rings. The van der Waals surface area contributed by atoms with Crippen LogP contribution in [-0.4, -0.2) is 27.3 Å². The van der Waals surface area contributed by atoms with Crippen LogP contribution < -0.4 is 16.2 Å². The lowest BCUT2D eigenvalue weighted by atomic mass is 10.2. The molecule has 0 aliphatic rings. The average molecular weight is 445 g/mol. The maximum Gasteiger partial charge on any atom is 0.255 e. The van der Waals surface area contributed by atoms with Gasteiger partial charge in [0.2, 0.25) is 0 Å². The Morgan fingerprint density at radius 2 is 1.76 bits per heavy atom. The molecule has 7 nitrogen and oxygen atoms in total. The number of aromatic nitrogens is 3. The summed E-state index contributed by atoms with van der Waals surface area (Å²) in [6.45, 7) is 2.53. The van der Waals surface area contributed by atoms with E-state index in [1.165, 1.54) is 30.5 Å². The third-order valence-electron chi connectivity index (χ3n) is 5.29. The van der Waals surface area contributed by atoms with Gasteiger partial charge in [0.15, 0.2) is 0 Å². The Hall–Kier alpha value is -4.04. The van der Waals surface area contributed by atoms with Crippen molar-refractivity contribution in [2.75, 3.05) is 7.05 Å². The quantitative estimate of drug-likeness (QED) is 0.457. The molecule has 0 bridgehead atoms. The summed E-state index contributed by atoms with van der Waals surface area (Å²) in [6.07, 6.45) is 3.19. The molecule has 168 valence electrons. The molecule has 0 aliphatic carbocycles. The molecular formula is C25H24FN5O2. The number of nitrogens with one attached hydrogen (secondary N) is 2. The largest absolute Gasteiger partial charge is 0.344 e. The van der Waals surface area contributed by atoms with Crippen LogP contribution in [0.1, 0.15) is 34.6 Å². The fourth-order valence-corrected chi connectivity index (χ4v) is 3.59. The van der Waals surface area contributed by atoms with Crippen molar-refractivity contribution in [3.8, 4) is 11.4 Å². The molecule has 0 saturated heterocycles. The van der Waals surface area contributed by atoms with Gasteiger partial charge in [-0.1, -0.05) is 30.3 Å². The lowest BCUT2D eigenvalue weighted by Crippen LogP contribution is -2.29. The topological polar surface area (TPSA) is 81.0 Å². The zero-order valence-corrected chi connectivity index (χ0v) is 18.3. The molecule has 2 aromatic carbocycles. The number of hydrogen-bond acceptors (Lipinski definition) is 4. The van der Waals surface area contributed by atoms with E-state index >= 15 is 0 Å². The highest BCUT2D eigenvalue weighted by molar-refractivity contribution is 5.94. The fourth-order valence-electron chi connectivity index (χ4n) is 3.59. The van der Waals surface area contributed by atoms with E-state index in [1.807, 2.05) is 50.5 Å². The van der Waals surface area contributed by atoms with Gasteiger partial charge in [-0.05, 0) is 49.9 Å². The summed E-state index contributed by atoms with van der Waals surface area (Å²) in [4.78, 5) is 25.1. The zero-order valence-electron chi connectivity index (χ0n) is 18.3. The first kappa shape index (κ1) is 22.2. The van der Waals surface area contributed by atoms with Gasteiger partial charge in [-0.3, -0.25) is 14.2 Å². The standard InChI is InChI=1S/C25H24FN5O2/c1-17(21-13-14-31(29-21)22-9-5-3-7-18(22)15-27-2)28-25(33)19-11-12-24(32)30(16-19)23-10-6-4-8-20(23)26/h3-14,16-17,27H,15H2,1-2H3,(H,28,33). The van der Waals surface area contributed by atoms with E-state index in [0.717, 1.165) is 15.8 Å². The van der Waals surface area contributed by atoms with E-state index < -0.39 is 17.3 Å².